The molecule has 0 radical (unpaired) electrons. The lowest BCUT2D eigenvalue weighted by atomic mass is 9.72. The van der Waals surface area contributed by atoms with Gasteiger partial charge in [-0.2, -0.15) is 0 Å². The summed E-state index contributed by atoms with van der Waals surface area (Å²) < 4.78 is 9.51. The van der Waals surface area contributed by atoms with Crippen molar-refractivity contribution in [3.05, 3.63) is 101 Å². The second-order valence-corrected chi connectivity index (χ2v) is 13.9. The average Bonchev–Trinajstić information content (AvgIpc) is 3.21. The maximum Gasteiger partial charge on any atom is 0.410 e. The molecule has 0 saturated carbocycles. The zero-order chi connectivity index (χ0) is 31.4. The second kappa shape index (κ2) is 11.0. The highest BCUT2D eigenvalue weighted by molar-refractivity contribution is 5.85. The number of para-hydroxylation sites is 2. The van der Waals surface area contributed by atoms with Crippen LogP contribution in [-0.4, -0.2) is 62.7 Å². The Morgan fingerprint density at radius 1 is 0.818 bits per heavy atom. The van der Waals surface area contributed by atoms with Gasteiger partial charge in [0.05, 0.1) is 17.1 Å². The van der Waals surface area contributed by atoms with Gasteiger partial charge >= 0.3 is 6.09 Å². The van der Waals surface area contributed by atoms with Crippen LogP contribution in [0.25, 0.3) is 11.0 Å². The molecule has 3 aromatic carbocycles. The number of rotatable bonds is 6. The first-order chi connectivity index (χ1) is 20.8. The number of fused-ring (bicyclic) bond motifs is 1. The number of likely N-dealkylation sites (tertiary alicyclic amines) is 2. The number of hydrogen-bond acceptors (Lipinski definition) is 4. The number of aromatic nitrogens is 2. The van der Waals surface area contributed by atoms with E-state index in [2.05, 4.69) is 69.3 Å². The molecule has 8 heteroatoms. The van der Waals surface area contributed by atoms with Gasteiger partial charge < -0.3 is 19.1 Å². The molecule has 0 aliphatic carbocycles. The van der Waals surface area contributed by atoms with Gasteiger partial charge in [0.2, 0.25) is 11.5 Å². The molecule has 1 spiro atoms. The fourth-order valence-electron chi connectivity index (χ4n) is 6.70. The van der Waals surface area contributed by atoms with Crippen molar-refractivity contribution in [2.75, 3.05) is 26.2 Å². The number of benzene rings is 3. The molecule has 2 aliphatic rings. The monoisotopic (exact) mass is 593 g/mol. The Kier molecular flexibility index (Phi) is 7.42. The number of imidazole rings is 1. The zero-order valence-electron chi connectivity index (χ0n) is 26.6. The molecule has 6 rings (SSSR count). The molecule has 1 unspecified atom stereocenters. The first-order valence-electron chi connectivity index (χ1n) is 15.5. The largest absolute Gasteiger partial charge is 0.444 e. The summed E-state index contributed by atoms with van der Waals surface area (Å²) in [5.41, 5.74) is 6.02. The van der Waals surface area contributed by atoms with Crippen LogP contribution in [0.15, 0.2) is 72.8 Å². The minimum absolute atomic E-state index is 0.0105. The third-order valence-corrected chi connectivity index (χ3v) is 9.02. The minimum atomic E-state index is -0.582. The van der Waals surface area contributed by atoms with Crippen LogP contribution < -0.4 is 5.62 Å². The quantitative estimate of drug-likeness (QED) is 0.297. The molecule has 4 aromatic rings. The molecule has 2 amide bonds. The molecular formula is C36H43N5O3. The van der Waals surface area contributed by atoms with E-state index in [1.807, 2.05) is 59.1 Å². The van der Waals surface area contributed by atoms with Crippen molar-refractivity contribution in [3.8, 4) is 0 Å². The Morgan fingerprint density at radius 2 is 1.34 bits per heavy atom. The van der Waals surface area contributed by atoms with Gasteiger partial charge in [0.15, 0.2) is 0 Å². The first-order valence-corrected chi connectivity index (χ1v) is 15.5. The summed E-state index contributed by atoms with van der Waals surface area (Å²) in [5.74, 6) is 0.0105. The zero-order valence-corrected chi connectivity index (χ0v) is 26.6. The molecule has 0 bridgehead atoms. The molecule has 2 atom stereocenters. The van der Waals surface area contributed by atoms with Crippen LogP contribution in [0, 0.1) is 24.7 Å². The highest BCUT2D eigenvalue weighted by atomic mass is 16.6. The number of nitrogens with one attached hydrogen (secondary N) is 1. The molecule has 2 aliphatic heterocycles. The number of aryl methyl sites for hydroxylation is 2. The maximum absolute atomic E-state index is 14.4. The van der Waals surface area contributed by atoms with Crippen LogP contribution in [0.5, 0.6) is 0 Å². The van der Waals surface area contributed by atoms with E-state index in [9.17, 15) is 15.0 Å². The van der Waals surface area contributed by atoms with Gasteiger partial charge in [-0.15, -0.1) is 0 Å². The fourth-order valence-corrected chi connectivity index (χ4v) is 6.70. The van der Waals surface area contributed by atoms with Crippen molar-refractivity contribution in [3.63, 3.8) is 0 Å². The lowest BCUT2D eigenvalue weighted by Gasteiger charge is -2.60. The molecule has 3 heterocycles. The van der Waals surface area contributed by atoms with Crippen LogP contribution in [0.2, 0.25) is 0 Å². The number of hydrogen-bond donors (Lipinski definition) is 1. The number of amides is 2. The normalized spacial score (nSPS) is 17.2. The van der Waals surface area contributed by atoms with Gasteiger partial charge in [-0.1, -0.05) is 71.8 Å². The summed E-state index contributed by atoms with van der Waals surface area (Å²) >= 11 is 0. The minimum Gasteiger partial charge on any atom is -0.444 e. The molecule has 8 nitrogen and oxygen atoms in total. The van der Waals surface area contributed by atoms with Crippen LogP contribution in [0.4, 0.5) is 4.79 Å². The number of carbonyl (C=O) groups excluding carboxylic acids is 2. The van der Waals surface area contributed by atoms with Gasteiger partial charge in [-0.25, -0.2) is 4.79 Å². The molecule has 2 saturated heterocycles. The predicted octanol–water partition coefficient (Wildman–Crippen LogP) is 6.01. The summed E-state index contributed by atoms with van der Waals surface area (Å²) in [6.45, 7) is 14.2. The summed E-state index contributed by atoms with van der Waals surface area (Å²) in [6.07, 6.45) is 0.186. The van der Waals surface area contributed by atoms with Crippen LogP contribution in [-0.2, 0) is 16.0 Å². The molecule has 1 aromatic heterocycles. The molecule has 230 valence electrons. The van der Waals surface area contributed by atoms with Gasteiger partial charge in [-0.3, -0.25) is 14.8 Å². The van der Waals surface area contributed by atoms with E-state index in [4.69, 9.17) is 4.74 Å². The Bertz CT molecular complexity index is 1750. The van der Waals surface area contributed by atoms with Crippen LogP contribution in [0.1, 0.15) is 62.0 Å². The van der Waals surface area contributed by atoms with Gasteiger partial charge in [0, 0.05) is 38.0 Å². The Balaban J connectivity index is 1.32. The van der Waals surface area contributed by atoms with E-state index in [0.717, 1.165) is 27.7 Å². The van der Waals surface area contributed by atoms with E-state index in [1.165, 1.54) is 5.56 Å². The van der Waals surface area contributed by atoms with Gasteiger partial charge in [-0.05, 0) is 64.8 Å². The molecule has 2 fully saturated rings. The van der Waals surface area contributed by atoms with Crippen molar-refractivity contribution in [1.82, 2.24) is 18.9 Å². The number of carbonyl (C=O) groups is 2. The van der Waals surface area contributed by atoms with Crippen molar-refractivity contribution in [2.24, 2.45) is 5.41 Å². The smallest absolute Gasteiger partial charge is 0.410 e. The summed E-state index contributed by atoms with van der Waals surface area (Å²) in [6, 6.07) is 24.1. The average molecular weight is 594 g/mol. The molecule has 44 heavy (non-hydrogen) atoms. The number of ether oxygens (including phenoxy) is 1. The Morgan fingerprint density at radius 3 is 1.91 bits per heavy atom. The maximum atomic E-state index is 14.4. The van der Waals surface area contributed by atoms with E-state index in [1.54, 1.807) is 4.90 Å². The summed E-state index contributed by atoms with van der Waals surface area (Å²) in [4.78, 5) is 30.6. The molecule has 1 N–H and O–H groups in total. The lowest BCUT2D eigenvalue weighted by Crippen LogP contribution is -2.74. The van der Waals surface area contributed by atoms with E-state index < -0.39 is 11.6 Å². The second-order valence-electron chi connectivity index (χ2n) is 13.9. The molecular weight excluding hydrogens is 550 g/mol. The SMILES string of the molecule is Cc1ccc(C[C@@H](C(=O)N2CC3(CN(C(=O)OC(C)(C)C)C3)C2)n2c(=N)n(C(C)c3ccc(C)cc3)c3ccccc32)cc1. The van der Waals surface area contributed by atoms with Crippen molar-refractivity contribution >= 4 is 23.0 Å². The van der Waals surface area contributed by atoms with Crippen LogP contribution in [0.3, 0.4) is 0 Å². The van der Waals surface area contributed by atoms with Gasteiger partial charge in [0.1, 0.15) is 11.6 Å². The van der Waals surface area contributed by atoms with Crippen LogP contribution >= 0.6 is 0 Å². The predicted molar refractivity (Wildman–Crippen MR) is 172 cm³/mol. The van der Waals surface area contributed by atoms with E-state index >= 15 is 0 Å². The number of nitrogens with zero attached hydrogens (tertiary/aromatic N) is 4. The third-order valence-electron chi connectivity index (χ3n) is 9.02. The van der Waals surface area contributed by atoms with E-state index in [0.29, 0.717) is 38.2 Å². The van der Waals surface area contributed by atoms with Crippen molar-refractivity contribution in [2.45, 2.75) is 65.6 Å². The third kappa shape index (κ3) is 5.53. The Labute approximate surface area is 259 Å². The highest BCUT2D eigenvalue weighted by Crippen LogP contribution is 2.41. The van der Waals surface area contributed by atoms with Crippen molar-refractivity contribution < 1.29 is 14.3 Å². The highest BCUT2D eigenvalue weighted by Gasteiger charge is 2.56. The summed E-state index contributed by atoms with van der Waals surface area (Å²) in [5, 5.41) is 9.50. The topological polar surface area (TPSA) is 83.6 Å². The fraction of sp³-hybridized carbons (Fsp3) is 0.417. The Hall–Kier alpha value is -4.33. The van der Waals surface area contributed by atoms with Gasteiger partial charge in [0.25, 0.3) is 0 Å². The lowest BCUT2D eigenvalue weighted by molar-refractivity contribution is -0.160. The van der Waals surface area contributed by atoms with E-state index in [-0.39, 0.29) is 23.5 Å². The summed E-state index contributed by atoms with van der Waals surface area (Å²) in [7, 11) is 0. The standard InChI is InChI=1S/C36H43N5O3/c1-24-11-15-27(16-12-24)19-31(32(42)38-20-36(21-38)22-39(23-36)34(43)44-35(4,5)6)41-30-10-8-7-9-29(30)40(33(41)37)26(3)28-17-13-25(2)14-18-28/h7-18,26,31,37H,19-23H2,1-6H3/t26?,31-/m0/s1. The first kappa shape index (κ1) is 29.7. The van der Waals surface area contributed by atoms with Crippen molar-refractivity contribution in [1.29, 1.82) is 5.41 Å².